The van der Waals surface area contributed by atoms with Crippen molar-refractivity contribution >= 4 is 63.4 Å². The maximum Gasteiger partial charge on any atom is 0.238 e. The highest BCUT2D eigenvalue weighted by Gasteiger charge is 2.12. The minimum atomic E-state index is -3.72. The quantitative estimate of drug-likeness (QED) is 0.475. The summed E-state index contributed by atoms with van der Waals surface area (Å²) in [5, 5.41) is 9.87. The van der Waals surface area contributed by atoms with Gasteiger partial charge in [-0.25, -0.2) is 23.5 Å². The van der Waals surface area contributed by atoms with E-state index < -0.39 is 10.0 Å². The summed E-state index contributed by atoms with van der Waals surface area (Å²) in [6.07, 6.45) is 3.44. The van der Waals surface area contributed by atoms with Crippen molar-refractivity contribution in [2.24, 2.45) is 5.14 Å². The van der Waals surface area contributed by atoms with E-state index >= 15 is 0 Å². The number of benzene rings is 2. The van der Waals surface area contributed by atoms with Gasteiger partial charge in [-0.2, -0.15) is 0 Å². The number of aryl methyl sites for hydroxylation is 1. The molecule has 0 unspecified atom stereocenters. The van der Waals surface area contributed by atoms with Gasteiger partial charge in [0.1, 0.15) is 0 Å². The second-order valence-corrected chi connectivity index (χ2v) is 9.87. The number of nitrogens with one attached hydrogen (secondary N) is 1. The zero-order chi connectivity index (χ0) is 19.0. The van der Waals surface area contributed by atoms with E-state index in [1.165, 1.54) is 35.8 Å². The summed E-state index contributed by atoms with van der Waals surface area (Å²) in [4.78, 5) is 9.20. The molecule has 0 aliphatic rings. The van der Waals surface area contributed by atoms with Crippen LogP contribution in [0.3, 0.4) is 0 Å². The van der Waals surface area contributed by atoms with Crippen molar-refractivity contribution in [2.75, 3.05) is 5.32 Å². The molecule has 3 N–H and O–H groups in total. The van der Waals surface area contributed by atoms with Gasteiger partial charge in [-0.1, -0.05) is 42.1 Å². The molecule has 0 amide bonds. The molecule has 0 saturated carbocycles. The van der Waals surface area contributed by atoms with E-state index in [0.29, 0.717) is 5.13 Å². The number of sulfonamides is 1. The highest BCUT2D eigenvalue weighted by molar-refractivity contribution is 7.89. The number of hydrogen-bond acceptors (Lipinski definition) is 7. The first-order valence-corrected chi connectivity index (χ1v) is 11.7. The number of nitrogens with two attached hydrogens (primary N) is 1. The fourth-order valence-corrected chi connectivity index (χ4v) is 5.30. The molecule has 9 heteroatoms. The summed E-state index contributed by atoms with van der Waals surface area (Å²) in [7, 11) is -3.72. The molecule has 4 aromatic rings. The number of aromatic nitrogens is 2. The first-order chi connectivity index (χ1) is 12.9. The predicted octanol–water partition coefficient (Wildman–Crippen LogP) is 4.64. The largest absolute Gasteiger partial charge is 0.307 e. The maximum absolute atomic E-state index is 11.5. The van der Waals surface area contributed by atoms with Gasteiger partial charge in [0.05, 0.1) is 25.3 Å². The summed E-state index contributed by atoms with van der Waals surface area (Å²) < 4.78 is 24.9. The van der Waals surface area contributed by atoms with Crippen LogP contribution >= 0.6 is 22.7 Å². The van der Waals surface area contributed by atoms with Crippen molar-refractivity contribution in [3.63, 3.8) is 0 Å². The van der Waals surface area contributed by atoms with Crippen molar-refractivity contribution < 1.29 is 8.42 Å². The summed E-state index contributed by atoms with van der Waals surface area (Å²) in [5.41, 5.74) is 3.01. The molecule has 0 atom stereocenters. The molecular weight excluding hydrogens is 400 g/mol. The number of thiazole rings is 2. The summed E-state index contributed by atoms with van der Waals surface area (Å²) in [6, 6.07) is 11.1. The third-order valence-corrected chi connectivity index (χ3v) is 6.95. The topological polar surface area (TPSA) is 98.0 Å². The molecule has 0 saturated heterocycles. The van der Waals surface area contributed by atoms with Crippen LogP contribution in [0.15, 0.2) is 41.3 Å². The third-order valence-electron chi connectivity index (χ3n) is 4.17. The van der Waals surface area contributed by atoms with Crippen LogP contribution < -0.4 is 10.5 Å². The predicted molar refractivity (Wildman–Crippen MR) is 113 cm³/mol. The molecule has 0 radical (unpaired) electrons. The Labute approximate surface area is 165 Å². The fraction of sp³-hybridized carbons (Fsp3) is 0.222. The lowest BCUT2D eigenvalue weighted by atomic mass is 10.1. The first-order valence-electron chi connectivity index (χ1n) is 8.52. The van der Waals surface area contributed by atoms with Crippen molar-refractivity contribution in [2.45, 2.75) is 31.1 Å². The van der Waals surface area contributed by atoms with Gasteiger partial charge in [-0.05, 0) is 48.7 Å². The first kappa shape index (κ1) is 18.3. The molecule has 140 valence electrons. The van der Waals surface area contributed by atoms with Gasteiger partial charge in [0.25, 0.3) is 0 Å². The zero-order valence-corrected chi connectivity index (χ0v) is 17.0. The molecule has 2 aromatic heterocycles. The van der Waals surface area contributed by atoms with Crippen LogP contribution in [-0.2, 0) is 16.4 Å². The molecule has 0 fully saturated rings. The fourth-order valence-electron chi connectivity index (χ4n) is 2.79. The summed E-state index contributed by atoms with van der Waals surface area (Å²) >= 11 is 2.96. The van der Waals surface area contributed by atoms with E-state index in [1.54, 1.807) is 23.5 Å². The second kappa shape index (κ2) is 7.16. The van der Waals surface area contributed by atoms with Crippen LogP contribution in [0.5, 0.6) is 0 Å². The second-order valence-electron chi connectivity index (χ2n) is 6.24. The van der Waals surface area contributed by atoms with Gasteiger partial charge in [-0.3, -0.25) is 0 Å². The van der Waals surface area contributed by atoms with Crippen molar-refractivity contribution in [3.8, 4) is 0 Å². The van der Waals surface area contributed by atoms with Crippen LogP contribution in [0.25, 0.3) is 20.4 Å². The smallest absolute Gasteiger partial charge is 0.238 e. The Balaban J connectivity index is 1.61. The Morgan fingerprint density at radius 3 is 2.26 bits per heavy atom. The Morgan fingerprint density at radius 1 is 1.00 bits per heavy atom. The Kier molecular flexibility index (Phi) is 4.85. The van der Waals surface area contributed by atoms with Crippen molar-refractivity contribution in [1.29, 1.82) is 0 Å². The van der Waals surface area contributed by atoms with Gasteiger partial charge < -0.3 is 5.32 Å². The number of anilines is 2. The standard InChI is InChI=1S/C18H18N4O2S3/c1-2-3-4-11-5-7-13-15(9-11)25-17(20-13)22-18-21-14-8-6-12(27(19,23)24)10-16(14)26-18/h5-10H,2-4H2,1H3,(H2,19,23,24)(H,20,21,22). The molecule has 27 heavy (non-hydrogen) atoms. The summed E-state index contributed by atoms with van der Waals surface area (Å²) in [6.45, 7) is 2.19. The Morgan fingerprint density at radius 2 is 1.63 bits per heavy atom. The van der Waals surface area contributed by atoms with Gasteiger partial charge in [0.15, 0.2) is 10.3 Å². The average Bonchev–Trinajstić information content (AvgIpc) is 3.20. The molecule has 0 bridgehead atoms. The lowest BCUT2D eigenvalue weighted by Crippen LogP contribution is -2.11. The lowest BCUT2D eigenvalue weighted by Gasteiger charge is -1.98. The highest BCUT2D eigenvalue weighted by atomic mass is 32.2. The van der Waals surface area contributed by atoms with E-state index in [2.05, 4.69) is 40.4 Å². The lowest BCUT2D eigenvalue weighted by molar-refractivity contribution is 0.598. The molecule has 2 aromatic carbocycles. The minimum Gasteiger partial charge on any atom is -0.307 e. The monoisotopic (exact) mass is 418 g/mol. The van der Waals surface area contributed by atoms with E-state index in [-0.39, 0.29) is 4.90 Å². The van der Waals surface area contributed by atoms with E-state index in [0.717, 1.165) is 32.0 Å². The molecule has 0 aliphatic heterocycles. The van der Waals surface area contributed by atoms with Crippen LogP contribution in [0.1, 0.15) is 25.3 Å². The Hall–Kier alpha value is -2.07. The van der Waals surface area contributed by atoms with Crippen LogP contribution in [-0.4, -0.2) is 18.4 Å². The SMILES string of the molecule is CCCCc1ccc2nc(Nc3nc4ccc(S(N)(=O)=O)cc4s3)sc2c1. The number of fused-ring (bicyclic) bond motifs is 2. The number of unbranched alkanes of at least 4 members (excludes halogenated alkanes) is 1. The van der Waals surface area contributed by atoms with E-state index in [9.17, 15) is 8.42 Å². The maximum atomic E-state index is 11.5. The number of rotatable bonds is 6. The molecule has 4 rings (SSSR count). The van der Waals surface area contributed by atoms with E-state index in [1.807, 2.05) is 0 Å². The van der Waals surface area contributed by atoms with Gasteiger partial charge >= 0.3 is 0 Å². The van der Waals surface area contributed by atoms with E-state index in [4.69, 9.17) is 5.14 Å². The van der Waals surface area contributed by atoms with Crippen LogP contribution in [0, 0.1) is 0 Å². The number of primary sulfonamides is 1. The van der Waals surface area contributed by atoms with Crippen molar-refractivity contribution in [1.82, 2.24) is 9.97 Å². The zero-order valence-electron chi connectivity index (χ0n) is 14.6. The minimum absolute atomic E-state index is 0.0878. The van der Waals surface area contributed by atoms with Crippen LogP contribution in [0.2, 0.25) is 0 Å². The molecular formula is C18H18N4O2S3. The van der Waals surface area contributed by atoms with Gasteiger partial charge in [0, 0.05) is 0 Å². The highest BCUT2D eigenvalue weighted by Crippen LogP contribution is 2.33. The Bertz CT molecular complexity index is 1230. The molecule has 0 aliphatic carbocycles. The summed E-state index contributed by atoms with van der Waals surface area (Å²) in [5.74, 6) is 0. The molecule has 6 nitrogen and oxygen atoms in total. The van der Waals surface area contributed by atoms with Gasteiger partial charge in [-0.15, -0.1) is 0 Å². The number of hydrogen-bond donors (Lipinski definition) is 2. The number of nitrogens with zero attached hydrogens (tertiary/aromatic N) is 2. The van der Waals surface area contributed by atoms with Crippen LogP contribution in [0.4, 0.5) is 10.3 Å². The van der Waals surface area contributed by atoms with Crippen molar-refractivity contribution in [3.05, 3.63) is 42.0 Å². The normalized spacial score (nSPS) is 12.1. The third kappa shape index (κ3) is 3.96. The average molecular weight is 419 g/mol. The molecule has 0 spiro atoms. The van der Waals surface area contributed by atoms with Gasteiger partial charge in [0.2, 0.25) is 10.0 Å². The molecule has 2 heterocycles.